The van der Waals surface area contributed by atoms with Gasteiger partial charge in [0.2, 0.25) is 0 Å². The van der Waals surface area contributed by atoms with Gasteiger partial charge in [0.1, 0.15) is 0 Å². The molecular formula is C9H16N2OP+. The topological polar surface area (TPSA) is 41.5 Å². The van der Waals surface area contributed by atoms with Gasteiger partial charge in [-0.05, 0) is 19.3 Å². The number of hydrogen-bond donors (Lipinski definition) is 1. The minimum absolute atomic E-state index is 0.237. The van der Waals surface area contributed by atoms with E-state index in [1.807, 2.05) is 19.3 Å². The third-order valence-corrected chi connectivity index (χ3v) is 3.67. The Hall–Kier alpha value is -0.530. The Labute approximate surface area is 80.2 Å². The zero-order valence-corrected chi connectivity index (χ0v) is 9.00. The Bertz CT molecular complexity index is 238. The molecule has 0 bridgehead atoms. The number of nitrogens with zero attached hydrogens (tertiary/aromatic N) is 1. The second-order valence-electron chi connectivity index (χ2n) is 3.30. The Morgan fingerprint density at radius 2 is 2.54 bits per heavy atom. The summed E-state index contributed by atoms with van der Waals surface area (Å²) < 4.78 is 11.4. The van der Waals surface area contributed by atoms with E-state index in [1.54, 1.807) is 7.05 Å². The molecule has 0 amide bonds. The van der Waals surface area contributed by atoms with Crippen LogP contribution in [0.25, 0.3) is 0 Å². The summed E-state index contributed by atoms with van der Waals surface area (Å²) in [5.41, 5.74) is 0.237. The highest BCUT2D eigenvalue weighted by Crippen LogP contribution is 2.29. The van der Waals surface area contributed by atoms with Gasteiger partial charge in [-0.25, -0.2) is 0 Å². The second kappa shape index (κ2) is 5.25. The molecule has 3 nitrogen and oxygen atoms in total. The van der Waals surface area contributed by atoms with Gasteiger partial charge in [-0.3, -0.25) is 4.99 Å². The third kappa shape index (κ3) is 3.37. The Balaban J connectivity index is 2.36. The van der Waals surface area contributed by atoms with E-state index in [2.05, 4.69) is 16.2 Å². The zero-order valence-electron chi connectivity index (χ0n) is 8.10. The van der Waals surface area contributed by atoms with Crippen LogP contribution in [0, 0.1) is 5.92 Å². The van der Waals surface area contributed by atoms with Gasteiger partial charge < -0.3 is 0 Å². The van der Waals surface area contributed by atoms with Crippen molar-refractivity contribution in [3.63, 3.8) is 0 Å². The van der Waals surface area contributed by atoms with E-state index in [4.69, 9.17) is 0 Å². The molecule has 3 unspecified atom stereocenters. The maximum atomic E-state index is 11.4. The van der Waals surface area contributed by atoms with E-state index >= 15 is 0 Å². The molecule has 0 saturated heterocycles. The maximum Gasteiger partial charge on any atom is 0.434 e. The van der Waals surface area contributed by atoms with Crippen molar-refractivity contribution in [2.24, 2.45) is 10.9 Å². The Morgan fingerprint density at radius 1 is 1.77 bits per heavy atom. The largest absolute Gasteiger partial charge is 0.434 e. The SMILES string of the molecule is CN[P+](=O)C(C)CC1C=CN=CC1. The molecule has 72 valence electrons. The predicted octanol–water partition coefficient (Wildman–Crippen LogP) is 2.33. The first kappa shape index (κ1) is 10.6. The summed E-state index contributed by atoms with van der Waals surface area (Å²) in [7, 11) is 0.501. The summed E-state index contributed by atoms with van der Waals surface area (Å²) in [6, 6.07) is 0. The van der Waals surface area contributed by atoms with E-state index in [-0.39, 0.29) is 5.66 Å². The monoisotopic (exact) mass is 199 g/mol. The lowest BCUT2D eigenvalue weighted by Crippen LogP contribution is -2.11. The number of aliphatic imine (C=N–C) groups is 1. The molecule has 0 spiro atoms. The minimum Gasteiger partial charge on any atom is -0.269 e. The molecule has 0 aromatic heterocycles. The fourth-order valence-electron chi connectivity index (χ4n) is 1.44. The fraction of sp³-hybridized carbons (Fsp3) is 0.667. The highest BCUT2D eigenvalue weighted by Gasteiger charge is 2.26. The van der Waals surface area contributed by atoms with E-state index in [1.165, 1.54) is 0 Å². The van der Waals surface area contributed by atoms with Gasteiger partial charge in [-0.1, -0.05) is 10.6 Å². The molecule has 0 saturated carbocycles. The normalized spacial score (nSPS) is 24.5. The molecule has 1 rings (SSSR count). The first-order valence-electron chi connectivity index (χ1n) is 4.56. The van der Waals surface area contributed by atoms with Gasteiger partial charge in [0.25, 0.3) is 0 Å². The first-order valence-corrected chi connectivity index (χ1v) is 5.89. The van der Waals surface area contributed by atoms with Crippen molar-refractivity contribution in [2.75, 3.05) is 7.05 Å². The zero-order chi connectivity index (χ0) is 9.68. The van der Waals surface area contributed by atoms with Crippen LogP contribution in [-0.2, 0) is 4.57 Å². The summed E-state index contributed by atoms with van der Waals surface area (Å²) in [5, 5.41) is 2.81. The quantitative estimate of drug-likeness (QED) is 0.706. The summed E-state index contributed by atoms with van der Waals surface area (Å²) >= 11 is 0. The number of rotatable bonds is 4. The van der Waals surface area contributed by atoms with Gasteiger partial charge >= 0.3 is 7.95 Å². The third-order valence-electron chi connectivity index (χ3n) is 2.22. The summed E-state index contributed by atoms with van der Waals surface area (Å²) in [6.45, 7) is 2.02. The predicted molar refractivity (Wildman–Crippen MR) is 56.5 cm³/mol. The van der Waals surface area contributed by atoms with Crippen LogP contribution in [0.3, 0.4) is 0 Å². The van der Waals surface area contributed by atoms with Crippen LogP contribution >= 0.6 is 7.95 Å². The molecule has 0 fully saturated rings. The van der Waals surface area contributed by atoms with Crippen LogP contribution in [0.5, 0.6) is 0 Å². The van der Waals surface area contributed by atoms with Crippen LogP contribution in [0.15, 0.2) is 17.3 Å². The second-order valence-corrected chi connectivity index (χ2v) is 5.28. The highest BCUT2D eigenvalue weighted by atomic mass is 31.1. The molecule has 0 aromatic rings. The first-order chi connectivity index (χ1) is 6.24. The van der Waals surface area contributed by atoms with Crippen molar-refractivity contribution >= 4 is 14.2 Å². The van der Waals surface area contributed by atoms with Gasteiger partial charge in [0.15, 0.2) is 5.66 Å². The average molecular weight is 199 g/mol. The molecular weight excluding hydrogens is 183 g/mol. The molecule has 13 heavy (non-hydrogen) atoms. The van der Waals surface area contributed by atoms with E-state index in [0.29, 0.717) is 5.92 Å². The molecule has 3 atom stereocenters. The van der Waals surface area contributed by atoms with E-state index in [9.17, 15) is 4.57 Å². The number of nitrogens with one attached hydrogen (secondary N) is 1. The van der Waals surface area contributed by atoms with Crippen LogP contribution in [-0.4, -0.2) is 18.9 Å². The summed E-state index contributed by atoms with van der Waals surface area (Å²) in [4.78, 5) is 4.01. The lowest BCUT2D eigenvalue weighted by atomic mass is 9.99. The molecule has 1 aliphatic heterocycles. The van der Waals surface area contributed by atoms with Gasteiger partial charge in [0.05, 0.1) is 0 Å². The van der Waals surface area contributed by atoms with Crippen molar-refractivity contribution in [3.05, 3.63) is 12.3 Å². The van der Waals surface area contributed by atoms with Crippen molar-refractivity contribution in [2.45, 2.75) is 25.4 Å². The average Bonchev–Trinajstić information content (AvgIpc) is 2.18. The van der Waals surface area contributed by atoms with Crippen molar-refractivity contribution in [3.8, 4) is 0 Å². The van der Waals surface area contributed by atoms with Crippen LogP contribution < -0.4 is 5.09 Å². The van der Waals surface area contributed by atoms with Crippen LogP contribution in [0.2, 0.25) is 0 Å². The Kier molecular flexibility index (Phi) is 4.26. The van der Waals surface area contributed by atoms with Gasteiger partial charge in [-0.15, -0.1) is 5.09 Å². The molecule has 0 aromatic carbocycles. The number of hydrogen-bond acceptors (Lipinski definition) is 2. The lowest BCUT2D eigenvalue weighted by molar-refractivity contribution is 0.549. The van der Waals surface area contributed by atoms with E-state index in [0.717, 1.165) is 12.8 Å². The van der Waals surface area contributed by atoms with Crippen molar-refractivity contribution in [1.82, 2.24) is 5.09 Å². The van der Waals surface area contributed by atoms with Crippen LogP contribution in [0.1, 0.15) is 19.8 Å². The molecule has 0 radical (unpaired) electrons. The van der Waals surface area contributed by atoms with Gasteiger partial charge in [0, 0.05) is 25.9 Å². The smallest absolute Gasteiger partial charge is 0.269 e. The standard InChI is InChI=1S/C9H16N2OP/c1-8(13(12)10-2)7-9-3-5-11-6-4-9/h3,5-6,8-9H,4,7H2,1-2H3,(H,10,12)/q+1. The molecule has 4 heteroatoms. The molecule has 1 aliphatic rings. The summed E-state index contributed by atoms with van der Waals surface area (Å²) in [6.07, 6.45) is 7.79. The maximum absolute atomic E-state index is 11.4. The van der Waals surface area contributed by atoms with Crippen molar-refractivity contribution in [1.29, 1.82) is 0 Å². The number of allylic oxidation sites excluding steroid dienone is 1. The molecule has 1 N–H and O–H groups in total. The molecule has 0 aliphatic carbocycles. The van der Waals surface area contributed by atoms with Crippen LogP contribution in [0.4, 0.5) is 0 Å². The summed E-state index contributed by atoms with van der Waals surface area (Å²) in [5.74, 6) is 0.514. The lowest BCUT2D eigenvalue weighted by Gasteiger charge is -2.11. The van der Waals surface area contributed by atoms with Gasteiger partial charge in [-0.2, -0.15) is 0 Å². The van der Waals surface area contributed by atoms with E-state index < -0.39 is 7.95 Å². The Morgan fingerprint density at radius 3 is 3.08 bits per heavy atom. The highest BCUT2D eigenvalue weighted by molar-refractivity contribution is 7.43. The fourth-order valence-corrected chi connectivity index (χ4v) is 2.34. The minimum atomic E-state index is -1.24. The van der Waals surface area contributed by atoms with Crippen molar-refractivity contribution < 1.29 is 4.57 Å². The molecule has 1 heterocycles.